The SMILES string of the molecule is c1ccc(-c2nc(-c3ccccc3)nc(-c3cccc4oc5c(-n6c7ccccc7c7cc8c(cc76)C(c6ccccc6)c6ccccc6-8)cccc5c34)n2)cc1. The van der Waals surface area contributed by atoms with E-state index >= 15 is 0 Å². The van der Waals surface area contributed by atoms with Gasteiger partial charge in [-0.2, -0.15) is 0 Å². The molecule has 57 heavy (non-hydrogen) atoms. The summed E-state index contributed by atoms with van der Waals surface area (Å²) in [5.41, 5.74) is 14.2. The van der Waals surface area contributed by atoms with Crippen LogP contribution in [-0.4, -0.2) is 19.5 Å². The fourth-order valence-corrected chi connectivity index (χ4v) is 9.05. The molecule has 0 radical (unpaired) electrons. The first-order valence-electron chi connectivity index (χ1n) is 19.3. The van der Waals surface area contributed by atoms with E-state index in [0.29, 0.717) is 17.5 Å². The smallest absolute Gasteiger partial charge is 0.164 e. The molecule has 0 amide bonds. The summed E-state index contributed by atoms with van der Waals surface area (Å²) in [5, 5.41) is 4.40. The monoisotopic (exact) mass is 728 g/mol. The Bertz CT molecular complexity index is 3290. The third kappa shape index (κ3) is 4.85. The van der Waals surface area contributed by atoms with E-state index in [0.717, 1.165) is 55.3 Å². The van der Waals surface area contributed by atoms with Gasteiger partial charge >= 0.3 is 0 Å². The number of rotatable bonds is 5. The molecule has 11 aromatic rings. The zero-order chi connectivity index (χ0) is 37.5. The maximum Gasteiger partial charge on any atom is 0.164 e. The molecular weight excluding hydrogens is 697 g/mol. The molecule has 8 aromatic carbocycles. The van der Waals surface area contributed by atoms with Crippen LogP contribution in [0.4, 0.5) is 0 Å². The van der Waals surface area contributed by atoms with Crippen LogP contribution >= 0.6 is 0 Å². The Morgan fingerprint density at radius 1 is 0.421 bits per heavy atom. The molecule has 1 unspecified atom stereocenters. The van der Waals surface area contributed by atoms with Crippen LogP contribution in [0.15, 0.2) is 192 Å². The second kappa shape index (κ2) is 12.4. The maximum atomic E-state index is 6.94. The van der Waals surface area contributed by atoms with Gasteiger partial charge in [0.25, 0.3) is 0 Å². The van der Waals surface area contributed by atoms with E-state index in [9.17, 15) is 0 Å². The van der Waals surface area contributed by atoms with Crippen LogP contribution in [0.2, 0.25) is 0 Å². The van der Waals surface area contributed by atoms with Gasteiger partial charge in [-0.3, -0.25) is 0 Å². The fourth-order valence-electron chi connectivity index (χ4n) is 9.05. The predicted molar refractivity (Wildman–Crippen MR) is 231 cm³/mol. The number of hydrogen-bond donors (Lipinski definition) is 0. The molecule has 0 spiro atoms. The van der Waals surface area contributed by atoms with E-state index in [1.807, 2.05) is 72.8 Å². The van der Waals surface area contributed by atoms with Crippen molar-refractivity contribution in [3.63, 3.8) is 0 Å². The lowest BCUT2D eigenvalue weighted by atomic mass is 9.89. The van der Waals surface area contributed by atoms with Crippen molar-refractivity contribution in [1.82, 2.24) is 19.5 Å². The largest absolute Gasteiger partial charge is 0.454 e. The number of aromatic nitrogens is 4. The third-order valence-electron chi connectivity index (χ3n) is 11.5. The summed E-state index contributed by atoms with van der Waals surface area (Å²) in [5.74, 6) is 1.98. The summed E-state index contributed by atoms with van der Waals surface area (Å²) in [6, 6.07) is 66.1. The lowest BCUT2D eigenvalue weighted by Gasteiger charge is -2.15. The normalized spacial score (nSPS) is 13.4. The third-order valence-corrected chi connectivity index (χ3v) is 11.5. The molecule has 0 N–H and O–H groups in total. The van der Waals surface area contributed by atoms with E-state index in [4.69, 9.17) is 19.4 Å². The molecule has 1 aliphatic carbocycles. The van der Waals surface area contributed by atoms with Crippen molar-refractivity contribution in [2.75, 3.05) is 0 Å². The molecule has 5 heteroatoms. The van der Waals surface area contributed by atoms with E-state index < -0.39 is 0 Å². The first-order valence-corrected chi connectivity index (χ1v) is 19.3. The molecular formula is C52H32N4O. The molecule has 1 aliphatic rings. The standard InChI is InChI=1S/C52H32N4O/c1-4-16-32(17-5-1)47-37-24-11-10-22-35(37)40-30-41-36-23-12-13-27-43(36)56(45(41)31-42(40)47)44-28-14-25-38-48-39(26-15-29-46(48)57-49(38)44)52-54-50(33-18-6-2-7-19-33)53-51(55-52)34-20-8-3-9-21-34/h1-31,47H. The van der Waals surface area contributed by atoms with Crippen molar-refractivity contribution in [2.45, 2.75) is 5.92 Å². The topological polar surface area (TPSA) is 56.7 Å². The van der Waals surface area contributed by atoms with Crippen molar-refractivity contribution < 1.29 is 4.42 Å². The molecule has 12 rings (SSSR count). The number of benzene rings is 8. The second-order valence-corrected chi connectivity index (χ2v) is 14.7. The number of para-hydroxylation sites is 2. The van der Waals surface area contributed by atoms with Crippen LogP contribution in [0.1, 0.15) is 22.6 Å². The van der Waals surface area contributed by atoms with Crippen LogP contribution < -0.4 is 0 Å². The Kier molecular flexibility index (Phi) is 6.92. The number of nitrogens with zero attached hydrogens (tertiary/aromatic N) is 4. The summed E-state index contributed by atoms with van der Waals surface area (Å²) in [7, 11) is 0. The minimum atomic E-state index is 0.139. The van der Waals surface area contributed by atoms with Gasteiger partial charge in [-0.25, -0.2) is 15.0 Å². The molecule has 0 saturated heterocycles. The van der Waals surface area contributed by atoms with Crippen LogP contribution in [0, 0.1) is 0 Å². The average Bonchev–Trinajstić information content (AvgIpc) is 3.94. The lowest BCUT2D eigenvalue weighted by molar-refractivity contribution is 0.666. The predicted octanol–water partition coefficient (Wildman–Crippen LogP) is 13.0. The summed E-state index contributed by atoms with van der Waals surface area (Å²) in [6.45, 7) is 0. The molecule has 0 fully saturated rings. The number of furan rings is 1. The summed E-state index contributed by atoms with van der Waals surface area (Å²) in [4.78, 5) is 15.2. The molecule has 3 aromatic heterocycles. The Morgan fingerprint density at radius 2 is 1.04 bits per heavy atom. The Hall–Kier alpha value is -7.63. The van der Waals surface area contributed by atoms with Crippen LogP contribution in [0.3, 0.4) is 0 Å². The highest BCUT2D eigenvalue weighted by Gasteiger charge is 2.31. The molecule has 3 heterocycles. The van der Waals surface area contributed by atoms with Crippen LogP contribution in [-0.2, 0) is 0 Å². The maximum absolute atomic E-state index is 6.94. The summed E-state index contributed by atoms with van der Waals surface area (Å²) < 4.78 is 9.33. The number of fused-ring (bicyclic) bond motifs is 9. The summed E-state index contributed by atoms with van der Waals surface area (Å²) in [6.07, 6.45) is 0. The minimum Gasteiger partial charge on any atom is -0.454 e. The molecule has 1 atom stereocenters. The van der Waals surface area contributed by atoms with Crippen LogP contribution in [0.5, 0.6) is 0 Å². The molecule has 0 saturated carbocycles. The summed E-state index contributed by atoms with van der Waals surface area (Å²) >= 11 is 0. The number of hydrogen-bond acceptors (Lipinski definition) is 4. The Balaban J connectivity index is 1.11. The van der Waals surface area contributed by atoms with Gasteiger partial charge in [0, 0.05) is 44.2 Å². The minimum absolute atomic E-state index is 0.139. The van der Waals surface area contributed by atoms with Gasteiger partial charge in [-0.1, -0.05) is 158 Å². The zero-order valence-electron chi connectivity index (χ0n) is 30.7. The van der Waals surface area contributed by atoms with Gasteiger partial charge < -0.3 is 8.98 Å². The molecule has 266 valence electrons. The lowest BCUT2D eigenvalue weighted by Crippen LogP contribution is -2.00. The quantitative estimate of drug-likeness (QED) is 0.177. The van der Waals surface area contributed by atoms with E-state index in [1.54, 1.807) is 0 Å². The van der Waals surface area contributed by atoms with Crippen molar-refractivity contribution >= 4 is 43.7 Å². The zero-order valence-corrected chi connectivity index (χ0v) is 30.7. The van der Waals surface area contributed by atoms with Crippen molar-refractivity contribution in [2.24, 2.45) is 0 Å². The Labute approximate surface area is 328 Å². The van der Waals surface area contributed by atoms with Crippen molar-refractivity contribution in [3.8, 4) is 51.0 Å². The van der Waals surface area contributed by atoms with Crippen LogP contribution in [0.25, 0.3) is 94.7 Å². The average molecular weight is 729 g/mol. The van der Waals surface area contributed by atoms with E-state index in [1.165, 1.54) is 38.6 Å². The first kappa shape index (κ1) is 31.7. The van der Waals surface area contributed by atoms with Gasteiger partial charge in [-0.15, -0.1) is 0 Å². The first-order chi connectivity index (χ1) is 28.3. The molecule has 0 bridgehead atoms. The van der Waals surface area contributed by atoms with Gasteiger partial charge in [0.15, 0.2) is 23.1 Å². The van der Waals surface area contributed by atoms with Crippen molar-refractivity contribution in [3.05, 3.63) is 205 Å². The van der Waals surface area contributed by atoms with Gasteiger partial charge in [0.1, 0.15) is 5.58 Å². The molecule has 5 nitrogen and oxygen atoms in total. The van der Waals surface area contributed by atoms with Gasteiger partial charge in [0.2, 0.25) is 0 Å². The Morgan fingerprint density at radius 3 is 1.81 bits per heavy atom. The fraction of sp³-hybridized carbons (Fsp3) is 0.0192. The van der Waals surface area contributed by atoms with E-state index in [-0.39, 0.29) is 5.92 Å². The molecule has 0 aliphatic heterocycles. The highest BCUT2D eigenvalue weighted by Crippen LogP contribution is 2.51. The second-order valence-electron chi connectivity index (χ2n) is 14.7. The highest BCUT2D eigenvalue weighted by atomic mass is 16.3. The van der Waals surface area contributed by atoms with Gasteiger partial charge in [-0.05, 0) is 58.1 Å². The van der Waals surface area contributed by atoms with E-state index in [2.05, 4.69) is 120 Å². The van der Waals surface area contributed by atoms with Crippen molar-refractivity contribution in [1.29, 1.82) is 0 Å². The highest BCUT2D eigenvalue weighted by molar-refractivity contribution is 6.16. The van der Waals surface area contributed by atoms with Gasteiger partial charge in [0.05, 0.1) is 16.7 Å².